The first kappa shape index (κ1) is 6.35. The van der Waals surface area contributed by atoms with E-state index in [1.54, 1.807) is 0 Å². The Labute approximate surface area is 40.2 Å². The Bertz CT molecular complexity index is 147. The van der Waals surface area contributed by atoms with Crippen molar-refractivity contribution < 1.29 is 14.2 Å². The first-order chi connectivity index (χ1) is 3.18. The molecule has 0 aromatic carbocycles. The number of hydrogen-bond donors (Lipinski definition) is 1. The fourth-order valence-corrected chi connectivity index (χ4v) is 0.141. The summed E-state index contributed by atoms with van der Waals surface area (Å²) in [5.74, 6) is -1.84. The van der Waals surface area contributed by atoms with Gasteiger partial charge in [-0.25, -0.2) is 9.13 Å². The molecule has 0 fully saturated rings. The number of rotatable bonds is 1. The molecule has 5 heteroatoms. The van der Waals surface area contributed by atoms with E-state index in [0.29, 0.717) is 0 Å². The van der Waals surface area contributed by atoms with Gasteiger partial charge in [0, 0.05) is 0 Å². The molecule has 38 valence electrons. The van der Waals surface area contributed by atoms with Crippen molar-refractivity contribution in [2.45, 2.75) is 5.85 Å². The van der Waals surface area contributed by atoms with Crippen molar-refractivity contribution in [3.05, 3.63) is 0 Å². The van der Waals surface area contributed by atoms with Crippen molar-refractivity contribution in [3.8, 4) is 6.07 Å². The van der Waals surface area contributed by atoms with E-state index in [4.69, 9.17) is 10.4 Å². The zero-order valence-electron chi connectivity index (χ0n) is 3.24. The van der Waals surface area contributed by atoms with Crippen LogP contribution in [-0.2, 0) is 9.13 Å². The van der Waals surface area contributed by atoms with Gasteiger partial charge in [0.2, 0.25) is 0 Å². The molecule has 0 radical (unpaired) electrons. The van der Waals surface area contributed by atoms with Crippen LogP contribution in [0.25, 0.3) is 0 Å². The van der Waals surface area contributed by atoms with Gasteiger partial charge in [-0.1, -0.05) is 0 Å². The topological polar surface area (TPSA) is 78.2 Å². The summed E-state index contributed by atoms with van der Waals surface area (Å²) in [7, 11) is -2.97. The fraction of sp³-hybridized carbons (Fsp3) is 0.500. The van der Waals surface area contributed by atoms with Crippen LogP contribution in [0.3, 0.4) is 0 Å². The lowest BCUT2D eigenvalue weighted by Gasteiger charge is -1.76. The maximum Gasteiger partial charge on any atom is 0.360 e. The third-order valence-electron chi connectivity index (χ3n) is 0.315. The Hall–Kier alpha value is -0.650. The first-order valence-corrected chi connectivity index (χ1v) is 2.64. The summed E-state index contributed by atoms with van der Waals surface area (Å²) in [6.07, 6.45) is 0. The second-order valence-corrected chi connectivity index (χ2v) is 1.85. The van der Waals surface area contributed by atoms with Gasteiger partial charge in [0.05, 0.1) is 0 Å². The molecule has 0 aliphatic heterocycles. The summed E-state index contributed by atoms with van der Waals surface area (Å²) in [6.45, 7) is 0. The van der Waals surface area contributed by atoms with E-state index in [2.05, 4.69) is 0 Å². The number of nitrogens with zero attached hydrogens (tertiary/aromatic N) is 1. The van der Waals surface area contributed by atoms with Crippen molar-refractivity contribution in [3.63, 3.8) is 0 Å². The minimum absolute atomic E-state index is 1.12. The molecule has 1 N–H and O–H groups in total. The Balaban J connectivity index is 3.89. The zero-order chi connectivity index (χ0) is 5.86. The average Bonchev–Trinajstić information content (AvgIpc) is 1.65. The van der Waals surface area contributed by atoms with Crippen molar-refractivity contribution in [2.24, 2.45) is 0 Å². The molecule has 0 bridgehead atoms. The second-order valence-electron chi connectivity index (χ2n) is 0.788. The molecule has 1 unspecified atom stereocenters. The summed E-state index contributed by atoms with van der Waals surface area (Å²) >= 11 is 0. The molecule has 0 saturated carbocycles. The maximum atomic E-state index is 9.49. The molecule has 0 rings (SSSR count). The molecule has 0 spiro atoms. The monoisotopic (exact) mass is 119 g/mol. The van der Waals surface area contributed by atoms with Crippen molar-refractivity contribution in [1.82, 2.24) is 0 Å². The van der Waals surface area contributed by atoms with E-state index >= 15 is 0 Å². The van der Waals surface area contributed by atoms with Gasteiger partial charge in [-0.3, -0.25) is 0 Å². The number of nitriles is 1. The van der Waals surface area contributed by atoms with Crippen LogP contribution in [0.2, 0.25) is 0 Å². The van der Waals surface area contributed by atoms with E-state index in [-0.39, 0.29) is 0 Å². The summed E-state index contributed by atoms with van der Waals surface area (Å²) in [5, 5.41) is 15.6. The van der Waals surface area contributed by atoms with Crippen molar-refractivity contribution >= 4 is 7.68 Å². The van der Waals surface area contributed by atoms with Crippen LogP contribution in [0.4, 0.5) is 0 Å². The van der Waals surface area contributed by atoms with Gasteiger partial charge < -0.3 is 5.11 Å². The molecular weight excluding hydrogens is 117 g/mol. The highest BCUT2D eigenvalue weighted by Crippen LogP contribution is 2.07. The molecule has 0 aliphatic carbocycles. The summed E-state index contributed by atoms with van der Waals surface area (Å²) < 4.78 is 19.0. The molecule has 0 aliphatic rings. The molecule has 0 amide bonds. The van der Waals surface area contributed by atoms with Crippen LogP contribution in [0, 0.1) is 11.3 Å². The minimum atomic E-state index is -2.97. The predicted octanol–water partition coefficient (Wildman–Crippen LogP) is 0.00128. The minimum Gasteiger partial charge on any atom is -0.366 e. The highest BCUT2D eigenvalue weighted by Gasteiger charge is 2.04. The van der Waals surface area contributed by atoms with Gasteiger partial charge in [-0.15, -0.1) is 0 Å². The van der Waals surface area contributed by atoms with E-state index in [0.717, 1.165) is 6.07 Å². The quantitative estimate of drug-likeness (QED) is 0.389. The summed E-state index contributed by atoms with van der Waals surface area (Å²) in [4.78, 5) is 0. The molecular formula is C2H2NO3P. The van der Waals surface area contributed by atoms with Crippen LogP contribution in [-0.4, -0.2) is 11.0 Å². The SMILES string of the molecule is N#CC(O)P(=O)=O. The maximum absolute atomic E-state index is 9.49. The van der Waals surface area contributed by atoms with Crippen molar-refractivity contribution in [1.29, 1.82) is 5.26 Å². The van der Waals surface area contributed by atoms with Gasteiger partial charge >= 0.3 is 7.68 Å². The van der Waals surface area contributed by atoms with Gasteiger partial charge in [-0.05, 0) is 0 Å². The largest absolute Gasteiger partial charge is 0.366 e. The van der Waals surface area contributed by atoms with E-state index in [1.165, 1.54) is 0 Å². The zero-order valence-corrected chi connectivity index (χ0v) is 4.13. The first-order valence-electron chi connectivity index (χ1n) is 1.39. The van der Waals surface area contributed by atoms with Gasteiger partial charge in [-0.2, -0.15) is 5.26 Å². The van der Waals surface area contributed by atoms with Crippen LogP contribution >= 0.6 is 7.68 Å². The molecule has 0 aromatic heterocycles. The summed E-state index contributed by atoms with van der Waals surface area (Å²) in [5.41, 5.74) is 0. The molecule has 7 heavy (non-hydrogen) atoms. The molecule has 1 atom stereocenters. The van der Waals surface area contributed by atoms with Crippen LogP contribution in [0.1, 0.15) is 0 Å². The Morgan fingerprint density at radius 1 is 1.71 bits per heavy atom. The number of hydrogen-bond acceptors (Lipinski definition) is 4. The average molecular weight is 119 g/mol. The molecule has 0 aromatic rings. The molecule has 4 nitrogen and oxygen atoms in total. The lowest BCUT2D eigenvalue weighted by atomic mass is 10.8. The third-order valence-corrected chi connectivity index (χ3v) is 0.830. The van der Waals surface area contributed by atoms with Gasteiger partial charge in [0.1, 0.15) is 6.07 Å². The Morgan fingerprint density at radius 2 is 2.14 bits per heavy atom. The van der Waals surface area contributed by atoms with Crippen LogP contribution < -0.4 is 0 Å². The van der Waals surface area contributed by atoms with Gasteiger partial charge in [0.25, 0.3) is 5.85 Å². The third kappa shape index (κ3) is 2.10. The van der Waals surface area contributed by atoms with Gasteiger partial charge in [0.15, 0.2) is 0 Å². The Morgan fingerprint density at radius 3 is 2.14 bits per heavy atom. The highest BCUT2D eigenvalue weighted by atomic mass is 31.1. The lowest BCUT2D eigenvalue weighted by molar-refractivity contribution is 0.295. The number of aliphatic hydroxyl groups is 1. The lowest BCUT2D eigenvalue weighted by Crippen LogP contribution is -1.88. The molecule has 0 saturated heterocycles. The van der Waals surface area contributed by atoms with Crippen LogP contribution in [0.5, 0.6) is 0 Å². The molecule has 0 heterocycles. The van der Waals surface area contributed by atoms with E-state index in [9.17, 15) is 9.13 Å². The van der Waals surface area contributed by atoms with Crippen molar-refractivity contribution in [2.75, 3.05) is 0 Å². The highest BCUT2D eigenvalue weighted by molar-refractivity contribution is 7.31. The second kappa shape index (κ2) is 2.51. The normalized spacial score (nSPS) is 12.0. The smallest absolute Gasteiger partial charge is 0.360 e. The van der Waals surface area contributed by atoms with E-state index in [1.807, 2.05) is 0 Å². The predicted molar refractivity (Wildman–Crippen MR) is 19.9 cm³/mol. The summed E-state index contributed by atoms with van der Waals surface area (Å²) in [6, 6.07) is 1.12. The number of aliphatic hydroxyl groups excluding tert-OH is 1. The van der Waals surface area contributed by atoms with Crippen LogP contribution in [0.15, 0.2) is 0 Å². The fourth-order valence-electron chi connectivity index (χ4n) is 0.0471. The van der Waals surface area contributed by atoms with E-state index < -0.39 is 13.5 Å². The standard InChI is InChI=1S/C2H2NO3P/c3-1-2(4)7(5)6/h2,4H. The Kier molecular flexibility index (Phi) is 2.28.